The minimum Gasteiger partial charge on any atom is -0.408 e. The minimum atomic E-state index is -1.93. The molecule has 0 bridgehead atoms. The molecule has 1 saturated heterocycles. The Hall–Kier alpha value is -3.51. The van der Waals surface area contributed by atoms with Gasteiger partial charge < -0.3 is 9.73 Å². The summed E-state index contributed by atoms with van der Waals surface area (Å²) in [5, 5.41) is 3.40. The van der Waals surface area contributed by atoms with Gasteiger partial charge in [0.15, 0.2) is 16.6 Å². The number of aryl methyl sites for hydroxylation is 1. The molecule has 2 aromatic carbocycles. The first-order valence-corrected chi connectivity index (χ1v) is 12.1. The number of aromatic nitrogens is 3. The Balaban J connectivity index is 0.000000480. The van der Waals surface area contributed by atoms with E-state index in [9.17, 15) is 13.4 Å². The molecular formula is C23H22FN5O3S2. The van der Waals surface area contributed by atoms with Gasteiger partial charge in [0.25, 0.3) is 0 Å². The van der Waals surface area contributed by atoms with Crippen molar-refractivity contribution in [1.29, 1.82) is 0 Å². The fraction of sp³-hybridized carbons (Fsp3) is 0.261. The minimum absolute atomic E-state index is 0.137. The Morgan fingerprint density at radius 3 is 2.68 bits per heavy atom. The highest BCUT2D eigenvalue weighted by molar-refractivity contribution is 7.86. The van der Waals surface area contributed by atoms with Gasteiger partial charge in [-0.05, 0) is 51.1 Å². The maximum absolute atomic E-state index is 14.7. The zero-order valence-corrected chi connectivity index (χ0v) is 20.1. The second kappa shape index (κ2) is 11.6. The first-order chi connectivity index (χ1) is 16.5. The van der Waals surface area contributed by atoms with E-state index < -0.39 is 28.6 Å². The molecule has 2 aromatic heterocycles. The third-order valence-corrected chi connectivity index (χ3v) is 6.77. The largest absolute Gasteiger partial charge is 0.420 e. The average Bonchev–Trinajstić information content (AvgIpc) is 3.40. The van der Waals surface area contributed by atoms with Crippen molar-refractivity contribution in [3.63, 3.8) is 0 Å². The van der Waals surface area contributed by atoms with Gasteiger partial charge in [-0.2, -0.15) is 4.37 Å². The van der Waals surface area contributed by atoms with E-state index >= 15 is 0 Å². The maximum Gasteiger partial charge on any atom is 0.420 e. The van der Waals surface area contributed by atoms with E-state index in [0.717, 1.165) is 28.7 Å². The van der Waals surface area contributed by atoms with Crippen molar-refractivity contribution in [3.05, 3.63) is 70.2 Å². The molecule has 0 spiro atoms. The second-order valence-electron chi connectivity index (χ2n) is 7.08. The highest BCUT2D eigenvalue weighted by Crippen LogP contribution is 2.27. The molecule has 1 aliphatic heterocycles. The van der Waals surface area contributed by atoms with E-state index in [4.69, 9.17) is 4.42 Å². The number of nitrogens with one attached hydrogen (secondary N) is 2. The SMILES string of the molecule is C#C.C1CNC1.Cc1ccc#cc1[C@@H](C)n1c(=O)oc2cc(S(=O)Nc3ncns3)c(F)cc21. The highest BCUT2D eigenvalue weighted by atomic mass is 32.2. The molecule has 0 amide bonds. The molecule has 34 heavy (non-hydrogen) atoms. The number of anilines is 1. The number of terminal acetylenes is 1. The predicted molar refractivity (Wildman–Crippen MR) is 130 cm³/mol. The molecule has 3 heterocycles. The van der Waals surface area contributed by atoms with Gasteiger partial charge in [0, 0.05) is 29.2 Å². The number of benzene rings is 1. The van der Waals surface area contributed by atoms with Crippen molar-refractivity contribution in [3.8, 4) is 12.8 Å². The normalized spacial score (nSPS) is 13.8. The van der Waals surface area contributed by atoms with E-state index in [1.165, 1.54) is 36.5 Å². The summed E-state index contributed by atoms with van der Waals surface area (Å²) < 4.78 is 40.1. The third-order valence-electron chi connectivity index (χ3n) is 4.97. The maximum atomic E-state index is 14.7. The number of halogens is 1. The van der Waals surface area contributed by atoms with Crippen LogP contribution in [0.1, 0.15) is 30.5 Å². The lowest BCUT2D eigenvalue weighted by Gasteiger charge is -2.13. The molecule has 0 aliphatic carbocycles. The monoisotopic (exact) mass is 499 g/mol. The summed E-state index contributed by atoms with van der Waals surface area (Å²) in [4.78, 5) is 16.2. The fourth-order valence-corrected chi connectivity index (χ4v) is 4.55. The molecule has 0 saturated carbocycles. The van der Waals surface area contributed by atoms with Gasteiger partial charge in [0.05, 0.1) is 16.5 Å². The number of hydrogen-bond acceptors (Lipinski definition) is 7. The van der Waals surface area contributed by atoms with E-state index in [1.807, 2.05) is 13.0 Å². The summed E-state index contributed by atoms with van der Waals surface area (Å²) in [6, 6.07) is 11.4. The summed E-state index contributed by atoms with van der Waals surface area (Å²) in [5.74, 6) is -1.37. The van der Waals surface area contributed by atoms with E-state index in [1.54, 1.807) is 13.0 Å². The number of oxazole rings is 1. The molecule has 11 heteroatoms. The van der Waals surface area contributed by atoms with Crippen LogP contribution in [0.25, 0.3) is 11.1 Å². The van der Waals surface area contributed by atoms with Gasteiger partial charge in [-0.15, -0.1) is 12.8 Å². The van der Waals surface area contributed by atoms with Crippen LogP contribution in [0.15, 0.2) is 44.7 Å². The predicted octanol–water partition coefficient (Wildman–Crippen LogP) is 3.47. The standard InChI is InChI=1S/C18H13FN4O3S2.C3H7N.C2H2/c1-10-5-3-4-6-12(10)11(2)23-14-7-13(19)16(8-15(14)26-18(23)24)28(25)22-17-20-9-21-27-17;1-2-4-3-1;1-2/h3,5,7-9,11H,1-2H3,(H,20,21,22);4H,1-3H2;1-2H/t11-,28?;;/m1../s1. The average molecular weight is 500 g/mol. The lowest BCUT2D eigenvalue weighted by Crippen LogP contribution is -2.29. The molecule has 5 rings (SSSR count). The summed E-state index contributed by atoms with van der Waals surface area (Å²) in [5.41, 5.74) is 2.08. The second-order valence-corrected chi connectivity index (χ2v) is 9.05. The van der Waals surface area contributed by atoms with Crippen molar-refractivity contribution in [1.82, 2.24) is 19.2 Å². The van der Waals surface area contributed by atoms with Crippen molar-refractivity contribution >= 4 is 38.7 Å². The van der Waals surface area contributed by atoms with E-state index in [2.05, 4.69) is 44.4 Å². The molecule has 2 atom stereocenters. The number of rotatable bonds is 5. The van der Waals surface area contributed by atoms with Gasteiger partial charge >= 0.3 is 5.76 Å². The molecule has 1 aliphatic rings. The zero-order chi connectivity index (χ0) is 24.7. The van der Waals surface area contributed by atoms with Crippen LogP contribution in [0, 0.1) is 37.7 Å². The number of nitrogens with zero attached hydrogens (tertiary/aromatic N) is 3. The van der Waals surface area contributed by atoms with Crippen molar-refractivity contribution in [2.75, 3.05) is 17.8 Å². The molecule has 8 nitrogen and oxygen atoms in total. The molecule has 2 N–H and O–H groups in total. The van der Waals surface area contributed by atoms with Crippen LogP contribution < -0.4 is 15.8 Å². The van der Waals surface area contributed by atoms with Crippen LogP contribution in [-0.4, -0.2) is 31.2 Å². The summed E-state index contributed by atoms with van der Waals surface area (Å²) >= 11 is 0.993. The smallest absolute Gasteiger partial charge is 0.408 e. The van der Waals surface area contributed by atoms with Crippen LogP contribution in [-0.2, 0) is 11.0 Å². The van der Waals surface area contributed by atoms with Crippen LogP contribution >= 0.6 is 11.5 Å². The first-order valence-electron chi connectivity index (χ1n) is 10.2. The summed E-state index contributed by atoms with van der Waals surface area (Å²) in [7, 11) is -1.93. The summed E-state index contributed by atoms with van der Waals surface area (Å²) in [6.45, 7) is 6.19. The molecule has 1 fully saturated rings. The molecule has 0 radical (unpaired) electrons. The van der Waals surface area contributed by atoms with Gasteiger partial charge in [0.1, 0.15) is 12.1 Å². The third kappa shape index (κ3) is 5.51. The Morgan fingerprint density at radius 1 is 1.38 bits per heavy atom. The van der Waals surface area contributed by atoms with Crippen LogP contribution in [0.5, 0.6) is 0 Å². The lowest BCUT2D eigenvalue weighted by atomic mass is 10.0. The van der Waals surface area contributed by atoms with Gasteiger partial charge in [-0.1, -0.05) is 12.1 Å². The molecule has 176 valence electrons. The van der Waals surface area contributed by atoms with Crippen LogP contribution in [0.2, 0.25) is 0 Å². The Morgan fingerprint density at radius 2 is 2.09 bits per heavy atom. The van der Waals surface area contributed by atoms with Crippen LogP contribution in [0.4, 0.5) is 9.52 Å². The quantitative estimate of drug-likeness (QED) is 0.408. The molecule has 4 aromatic rings. The fourth-order valence-electron chi connectivity index (χ4n) is 3.11. The summed E-state index contributed by atoms with van der Waals surface area (Å²) in [6.07, 6.45) is 10.7. The highest BCUT2D eigenvalue weighted by Gasteiger charge is 2.22. The number of hydrogen-bond donors (Lipinski definition) is 2. The van der Waals surface area contributed by atoms with Crippen molar-refractivity contribution in [2.45, 2.75) is 31.2 Å². The molecular weight excluding hydrogens is 477 g/mol. The zero-order valence-electron chi connectivity index (χ0n) is 18.5. The first kappa shape index (κ1) is 25.1. The van der Waals surface area contributed by atoms with E-state index in [0.29, 0.717) is 0 Å². The Labute approximate surface area is 203 Å². The van der Waals surface area contributed by atoms with Gasteiger partial charge in [-0.3, -0.25) is 9.29 Å². The molecule has 1 unspecified atom stereocenters. The van der Waals surface area contributed by atoms with E-state index in [-0.39, 0.29) is 21.1 Å². The Kier molecular flexibility index (Phi) is 8.55. The van der Waals surface area contributed by atoms with Crippen molar-refractivity contribution in [2.24, 2.45) is 0 Å². The lowest BCUT2D eigenvalue weighted by molar-refractivity contribution is 0.489. The van der Waals surface area contributed by atoms with Crippen LogP contribution in [0.3, 0.4) is 0 Å². The van der Waals surface area contributed by atoms with Gasteiger partial charge in [-0.25, -0.2) is 18.4 Å². The van der Waals surface area contributed by atoms with Crippen molar-refractivity contribution < 1.29 is 13.0 Å². The topological polar surface area (TPSA) is 102 Å². The Bertz CT molecular complexity index is 1340. The van der Waals surface area contributed by atoms with Gasteiger partial charge in [0.2, 0.25) is 5.13 Å². The number of fused-ring (bicyclic) bond motifs is 1.